The van der Waals surface area contributed by atoms with Gasteiger partial charge < -0.3 is 5.32 Å². The van der Waals surface area contributed by atoms with Gasteiger partial charge in [-0.05, 0) is 67.4 Å². The highest BCUT2D eigenvalue weighted by atomic mass is 32.2. The van der Waals surface area contributed by atoms with Gasteiger partial charge in [-0.3, -0.25) is 19.6 Å². The summed E-state index contributed by atoms with van der Waals surface area (Å²) in [7, 11) is -4.02. The fraction of sp³-hybridized carbons (Fsp3) is 0.0952. The van der Waals surface area contributed by atoms with Crippen LogP contribution < -0.4 is 10.0 Å². The zero-order chi connectivity index (χ0) is 21.9. The normalized spacial score (nSPS) is 11.0. The maximum Gasteiger partial charge on any atom is 0.270 e. The van der Waals surface area contributed by atoms with Crippen LogP contribution in [0.2, 0.25) is 0 Å². The van der Waals surface area contributed by atoms with E-state index in [1.54, 1.807) is 0 Å². The number of nitro benzene ring substituents is 1. The summed E-state index contributed by atoms with van der Waals surface area (Å²) in [5.74, 6) is -0.326. The second-order valence-corrected chi connectivity index (χ2v) is 8.45. The molecule has 0 aliphatic heterocycles. The first-order valence-corrected chi connectivity index (χ1v) is 10.4. The van der Waals surface area contributed by atoms with Gasteiger partial charge in [0, 0.05) is 29.1 Å². The van der Waals surface area contributed by atoms with Gasteiger partial charge in [0.1, 0.15) is 0 Å². The smallest absolute Gasteiger partial charge is 0.270 e. The molecule has 0 aromatic heterocycles. The summed E-state index contributed by atoms with van der Waals surface area (Å²) in [6, 6.07) is 16.3. The predicted octanol–water partition coefficient (Wildman–Crippen LogP) is 4.26. The highest BCUT2D eigenvalue weighted by Crippen LogP contribution is 2.21. The minimum atomic E-state index is -4.02. The first-order valence-electron chi connectivity index (χ1n) is 8.91. The zero-order valence-corrected chi connectivity index (χ0v) is 17.1. The van der Waals surface area contributed by atoms with Gasteiger partial charge in [0.15, 0.2) is 0 Å². The average molecular weight is 425 g/mol. The Hall–Kier alpha value is -3.72. The first-order chi connectivity index (χ1) is 14.1. The maximum absolute atomic E-state index is 12.5. The number of carbonyl (C=O) groups excluding carboxylic acids is 1. The number of anilines is 2. The fourth-order valence-electron chi connectivity index (χ4n) is 2.92. The molecule has 3 rings (SSSR count). The summed E-state index contributed by atoms with van der Waals surface area (Å²) < 4.78 is 27.3. The molecule has 0 saturated carbocycles. The number of aryl methyl sites for hydroxylation is 2. The molecule has 9 heteroatoms. The van der Waals surface area contributed by atoms with Crippen molar-refractivity contribution in [2.24, 2.45) is 0 Å². The molecule has 1 amide bonds. The summed E-state index contributed by atoms with van der Waals surface area (Å²) >= 11 is 0. The number of hydrogen-bond acceptors (Lipinski definition) is 5. The minimum Gasteiger partial charge on any atom is -0.322 e. The van der Waals surface area contributed by atoms with E-state index in [1.165, 1.54) is 42.5 Å². The van der Waals surface area contributed by atoms with Crippen molar-refractivity contribution in [2.75, 3.05) is 10.0 Å². The molecule has 0 aliphatic rings. The molecule has 8 nitrogen and oxygen atoms in total. The van der Waals surface area contributed by atoms with Crippen molar-refractivity contribution in [3.63, 3.8) is 0 Å². The molecule has 0 unspecified atom stereocenters. The molecule has 3 aromatic rings. The van der Waals surface area contributed by atoms with E-state index >= 15 is 0 Å². The predicted molar refractivity (Wildman–Crippen MR) is 114 cm³/mol. The van der Waals surface area contributed by atoms with Crippen molar-refractivity contribution >= 4 is 33.0 Å². The van der Waals surface area contributed by atoms with Gasteiger partial charge in [-0.15, -0.1) is 0 Å². The van der Waals surface area contributed by atoms with Crippen LogP contribution in [0.3, 0.4) is 0 Å². The van der Waals surface area contributed by atoms with Crippen molar-refractivity contribution < 1.29 is 18.1 Å². The number of benzene rings is 3. The molecule has 0 spiro atoms. The third-order valence-corrected chi connectivity index (χ3v) is 5.60. The molecule has 3 aromatic carbocycles. The van der Waals surface area contributed by atoms with E-state index in [2.05, 4.69) is 10.0 Å². The van der Waals surface area contributed by atoms with Crippen LogP contribution in [0.25, 0.3) is 0 Å². The van der Waals surface area contributed by atoms with E-state index in [9.17, 15) is 23.3 Å². The second kappa shape index (κ2) is 8.34. The van der Waals surface area contributed by atoms with Crippen molar-refractivity contribution in [2.45, 2.75) is 18.7 Å². The molecule has 0 fully saturated rings. The Morgan fingerprint density at radius 1 is 0.900 bits per heavy atom. The highest BCUT2D eigenvalue weighted by Gasteiger charge is 2.18. The standard InChI is InChI=1S/C21H19N3O5S/c1-14-10-15(2)12-18(11-14)22-21(25)16-6-8-17(9-7-16)23-30(28,29)20-5-3-4-19(13-20)24(26)27/h3-13,23H,1-2H3,(H,22,25). The summed E-state index contributed by atoms with van der Waals surface area (Å²) in [6.45, 7) is 3.87. The Labute approximate surface area is 173 Å². The van der Waals surface area contributed by atoms with Gasteiger partial charge in [-0.2, -0.15) is 0 Å². The third-order valence-electron chi connectivity index (χ3n) is 4.22. The summed E-state index contributed by atoms with van der Waals surface area (Å²) in [6.07, 6.45) is 0. The van der Waals surface area contributed by atoms with Crippen molar-refractivity contribution in [1.82, 2.24) is 0 Å². The lowest BCUT2D eigenvalue weighted by atomic mass is 10.1. The van der Waals surface area contributed by atoms with Crippen LogP contribution in [0.5, 0.6) is 0 Å². The molecule has 0 heterocycles. The van der Waals surface area contributed by atoms with Gasteiger partial charge in [-0.1, -0.05) is 12.1 Å². The number of rotatable bonds is 6. The molecular weight excluding hydrogens is 406 g/mol. The Balaban J connectivity index is 1.74. The quantitative estimate of drug-likeness (QED) is 0.452. The van der Waals surface area contributed by atoms with Crippen LogP contribution >= 0.6 is 0 Å². The highest BCUT2D eigenvalue weighted by molar-refractivity contribution is 7.92. The van der Waals surface area contributed by atoms with Crippen LogP contribution in [0, 0.1) is 24.0 Å². The van der Waals surface area contributed by atoms with Gasteiger partial charge >= 0.3 is 0 Å². The average Bonchev–Trinajstić information content (AvgIpc) is 2.67. The SMILES string of the molecule is Cc1cc(C)cc(NC(=O)c2ccc(NS(=O)(=O)c3cccc([N+](=O)[O-])c3)cc2)c1. The van der Waals surface area contributed by atoms with Gasteiger partial charge in [0.2, 0.25) is 0 Å². The number of nitro groups is 1. The fourth-order valence-corrected chi connectivity index (χ4v) is 4.02. The maximum atomic E-state index is 12.5. The summed E-state index contributed by atoms with van der Waals surface area (Å²) in [5, 5.41) is 13.7. The lowest BCUT2D eigenvalue weighted by molar-refractivity contribution is -0.385. The number of nitrogens with zero attached hydrogens (tertiary/aromatic N) is 1. The summed E-state index contributed by atoms with van der Waals surface area (Å²) in [4.78, 5) is 22.4. The first kappa shape index (κ1) is 21.0. The molecule has 0 aliphatic carbocycles. The number of sulfonamides is 1. The number of non-ortho nitro benzene ring substituents is 1. The van der Waals surface area contributed by atoms with E-state index in [-0.39, 0.29) is 22.2 Å². The molecule has 30 heavy (non-hydrogen) atoms. The van der Waals surface area contributed by atoms with Crippen LogP contribution in [0.15, 0.2) is 71.6 Å². The van der Waals surface area contributed by atoms with Crippen LogP contribution in [0.4, 0.5) is 17.1 Å². The van der Waals surface area contributed by atoms with Gasteiger partial charge in [-0.25, -0.2) is 8.42 Å². The van der Waals surface area contributed by atoms with Crippen LogP contribution in [0.1, 0.15) is 21.5 Å². The van der Waals surface area contributed by atoms with Crippen LogP contribution in [-0.4, -0.2) is 19.2 Å². The van der Waals surface area contributed by atoms with Crippen molar-refractivity contribution in [3.8, 4) is 0 Å². The molecule has 154 valence electrons. The number of amides is 1. The summed E-state index contributed by atoms with van der Waals surface area (Å²) in [5.41, 5.74) is 2.98. The minimum absolute atomic E-state index is 0.226. The number of hydrogen-bond donors (Lipinski definition) is 2. The lowest BCUT2D eigenvalue weighted by Crippen LogP contribution is -2.14. The Bertz CT molecular complexity index is 1200. The van der Waals surface area contributed by atoms with E-state index in [4.69, 9.17) is 0 Å². The second-order valence-electron chi connectivity index (χ2n) is 6.77. The Kier molecular flexibility index (Phi) is 5.84. The van der Waals surface area contributed by atoms with Crippen molar-refractivity contribution in [3.05, 3.63) is 93.5 Å². The number of carbonyl (C=O) groups is 1. The Morgan fingerprint density at radius 2 is 1.53 bits per heavy atom. The topological polar surface area (TPSA) is 118 Å². The lowest BCUT2D eigenvalue weighted by Gasteiger charge is -2.10. The molecular formula is C21H19N3O5S. The molecule has 0 radical (unpaired) electrons. The molecule has 0 saturated heterocycles. The Morgan fingerprint density at radius 3 is 2.13 bits per heavy atom. The van der Waals surface area contributed by atoms with E-state index in [0.29, 0.717) is 11.3 Å². The molecule has 0 bridgehead atoms. The molecule has 0 atom stereocenters. The zero-order valence-electron chi connectivity index (χ0n) is 16.2. The monoisotopic (exact) mass is 425 g/mol. The van der Waals surface area contributed by atoms with Gasteiger partial charge in [0.25, 0.3) is 21.6 Å². The largest absolute Gasteiger partial charge is 0.322 e. The number of nitrogens with one attached hydrogen (secondary N) is 2. The third kappa shape index (κ3) is 5.00. The van der Waals surface area contributed by atoms with Crippen LogP contribution in [-0.2, 0) is 10.0 Å². The van der Waals surface area contributed by atoms with Crippen molar-refractivity contribution in [1.29, 1.82) is 0 Å². The van der Waals surface area contributed by atoms with E-state index < -0.39 is 14.9 Å². The van der Waals surface area contributed by atoms with E-state index in [1.807, 2.05) is 32.0 Å². The van der Waals surface area contributed by atoms with Gasteiger partial charge in [0.05, 0.1) is 9.82 Å². The van der Waals surface area contributed by atoms with E-state index in [0.717, 1.165) is 17.2 Å². The molecule has 2 N–H and O–H groups in total.